The summed E-state index contributed by atoms with van der Waals surface area (Å²) in [5.41, 5.74) is 3.58. The summed E-state index contributed by atoms with van der Waals surface area (Å²) in [4.78, 5) is 19.6. The number of hydrogen-bond donors (Lipinski definition) is 1. The van der Waals surface area contributed by atoms with E-state index in [2.05, 4.69) is 40.3 Å². The first kappa shape index (κ1) is 21.8. The SMILES string of the molecule is COCCC(=O)N[C@H](c1ccccn1)[C@@H]1CCCN(Cc2ccc3c(c2)C[C@@H](C)O3)C1. The number of carbonyl (C=O) groups excluding carboxylic acids is 1. The Morgan fingerprint density at radius 3 is 3.06 bits per heavy atom. The zero-order chi connectivity index (χ0) is 21.6. The number of aromatic nitrogens is 1. The van der Waals surface area contributed by atoms with Crippen LogP contribution < -0.4 is 10.1 Å². The number of benzene rings is 1. The highest BCUT2D eigenvalue weighted by molar-refractivity contribution is 5.76. The van der Waals surface area contributed by atoms with Crippen LogP contribution in [0, 0.1) is 5.92 Å². The van der Waals surface area contributed by atoms with Gasteiger partial charge >= 0.3 is 0 Å². The third-order valence-electron chi connectivity index (χ3n) is 6.24. The fourth-order valence-electron chi connectivity index (χ4n) is 4.77. The van der Waals surface area contributed by atoms with Crippen LogP contribution in [0.1, 0.15) is 49.0 Å². The van der Waals surface area contributed by atoms with E-state index in [1.165, 1.54) is 11.1 Å². The van der Waals surface area contributed by atoms with E-state index in [9.17, 15) is 4.79 Å². The third kappa shape index (κ3) is 5.63. The summed E-state index contributed by atoms with van der Waals surface area (Å²) in [5.74, 6) is 1.37. The third-order valence-corrected chi connectivity index (χ3v) is 6.24. The van der Waals surface area contributed by atoms with Gasteiger partial charge in [-0.15, -0.1) is 0 Å². The van der Waals surface area contributed by atoms with Gasteiger partial charge in [0.1, 0.15) is 11.9 Å². The molecule has 2 aliphatic heterocycles. The Balaban J connectivity index is 1.44. The highest BCUT2D eigenvalue weighted by Gasteiger charge is 2.30. The molecule has 1 aromatic heterocycles. The summed E-state index contributed by atoms with van der Waals surface area (Å²) in [5, 5.41) is 3.24. The number of methoxy groups -OCH3 is 1. The molecule has 2 aliphatic rings. The topological polar surface area (TPSA) is 63.7 Å². The zero-order valence-corrected chi connectivity index (χ0v) is 18.5. The number of amides is 1. The molecule has 0 spiro atoms. The molecule has 3 heterocycles. The number of carbonyl (C=O) groups is 1. The van der Waals surface area contributed by atoms with E-state index in [-0.39, 0.29) is 18.1 Å². The smallest absolute Gasteiger partial charge is 0.222 e. The maximum Gasteiger partial charge on any atom is 0.222 e. The molecular formula is C25H33N3O3. The lowest BCUT2D eigenvalue weighted by atomic mass is 9.88. The van der Waals surface area contributed by atoms with Crippen molar-refractivity contribution in [2.24, 2.45) is 5.92 Å². The molecule has 1 aromatic carbocycles. The highest BCUT2D eigenvalue weighted by atomic mass is 16.5. The first-order chi connectivity index (χ1) is 15.1. The molecule has 2 aromatic rings. The second kappa shape index (κ2) is 10.2. The van der Waals surface area contributed by atoms with Gasteiger partial charge in [-0.1, -0.05) is 18.2 Å². The summed E-state index contributed by atoms with van der Waals surface area (Å²) in [6.45, 7) is 5.49. The largest absolute Gasteiger partial charge is 0.490 e. The van der Waals surface area contributed by atoms with Crippen LogP contribution in [0.5, 0.6) is 5.75 Å². The molecule has 4 rings (SSSR count). The summed E-state index contributed by atoms with van der Waals surface area (Å²) in [6, 6.07) is 12.4. The second-order valence-corrected chi connectivity index (χ2v) is 8.75. The molecule has 0 bridgehead atoms. The predicted octanol–water partition coefficient (Wildman–Crippen LogP) is 3.51. The number of piperidine rings is 1. The average molecular weight is 424 g/mol. The molecule has 0 radical (unpaired) electrons. The molecule has 0 saturated carbocycles. The van der Waals surface area contributed by atoms with Crippen LogP contribution in [0.15, 0.2) is 42.6 Å². The molecule has 3 atom stereocenters. The number of likely N-dealkylation sites (tertiary alicyclic amines) is 1. The molecule has 0 aliphatic carbocycles. The van der Waals surface area contributed by atoms with Gasteiger partial charge in [-0.3, -0.25) is 14.7 Å². The predicted molar refractivity (Wildman–Crippen MR) is 120 cm³/mol. The maximum absolute atomic E-state index is 12.5. The number of rotatable bonds is 8. The van der Waals surface area contributed by atoms with Crippen LogP contribution in [0.4, 0.5) is 0 Å². The summed E-state index contributed by atoms with van der Waals surface area (Å²) in [6.07, 6.45) is 5.63. The van der Waals surface area contributed by atoms with Gasteiger partial charge in [0.05, 0.1) is 18.3 Å². The van der Waals surface area contributed by atoms with Crippen LogP contribution in [0.2, 0.25) is 0 Å². The minimum absolute atomic E-state index is 0.0161. The van der Waals surface area contributed by atoms with E-state index in [1.54, 1.807) is 13.3 Å². The summed E-state index contributed by atoms with van der Waals surface area (Å²) in [7, 11) is 1.62. The van der Waals surface area contributed by atoms with Crippen molar-refractivity contribution in [2.45, 2.75) is 51.3 Å². The number of nitrogens with one attached hydrogen (secondary N) is 1. The minimum Gasteiger partial charge on any atom is -0.490 e. The van der Waals surface area contributed by atoms with Crippen molar-refractivity contribution in [3.63, 3.8) is 0 Å². The lowest BCUT2D eigenvalue weighted by Gasteiger charge is -2.37. The van der Waals surface area contributed by atoms with Gasteiger partial charge in [0.2, 0.25) is 5.91 Å². The molecule has 6 nitrogen and oxygen atoms in total. The number of hydrogen-bond acceptors (Lipinski definition) is 5. The van der Waals surface area contributed by atoms with Gasteiger partial charge < -0.3 is 14.8 Å². The molecule has 0 unspecified atom stereocenters. The van der Waals surface area contributed by atoms with Gasteiger partial charge in [-0.2, -0.15) is 0 Å². The Morgan fingerprint density at radius 2 is 2.26 bits per heavy atom. The molecule has 1 amide bonds. The molecule has 6 heteroatoms. The standard InChI is InChI=1S/C25H33N3O3/c1-18-14-21-15-19(8-9-23(21)31-18)16-28-12-5-6-20(17-28)25(22-7-3-4-11-26-22)27-24(29)10-13-30-2/h3-4,7-9,11,15,18,20,25H,5-6,10,12-14,16-17H2,1-2H3,(H,27,29)/t18-,20-,25+/m1/s1. The van der Waals surface area contributed by atoms with E-state index in [1.807, 2.05) is 18.2 Å². The van der Waals surface area contributed by atoms with Crippen molar-refractivity contribution in [2.75, 3.05) is 26.8 Å². The van der Waals surface area contributed by atoms with Crippen molar-refractivity contribution < 1.29 is 14.3 Å². The van der Waals surface area contributed by atoms with Crippen molar-refractivity contribution in [3.05, 3.63) is 59.4 Å². The second-order valence-electron chi connectivity index (χ2n) is 8.75. The van der Waals surface area contributed by atoms with Crippen molar-refractivity contribution >= 4 is 5.91 Å². The van der Waals surface area contributed by atoms with Crippen LogP contribution in [-0.2, 0) is 22.5 Å². The Bertz CT molecular complexity index is 874. The molecule has 1 fully saturated rings. The molecule has 166 valence electrons. The Morgan fingerprint density at radius 1 is 1.35 bits per heavy atom. The number of pyridine rings is 1. The Hall–Kier alpha value is -2.44. The number of ether oxygens (including phenoxy) is 2. The lowest BCUT2D eigenvalue weighted by molar-refractivity contribution is -0.123. The van der Waals surface area contributed by atoms with E-state index < -0.39 is 0 Å². The van der Waals surface area contributed by atoms with Crippen molar-refractivity contribution in [1.82, 2.24) is 15.2 Å². The maximum atomic E-state index is 12.5. The number of nitrogens with zero attached hydrogens (tertiary/aromatic N) is 2. The normalized spacial score (nSPS) is 21.9. The van der Waals surface area contributed by atoms with E-state index in [4.69, 9.17) is 9.47 Å². The van der Waals surface area contributed by atoms with Crippen LogP contribution in [0.25, 0.3) is 0 Å². The molecular weight excluding hydrogens is 390 g/mol. The zero-order valence-electron chi connectivity index (χ0n) is 18.5. The van der Waals surface area contributed by atoms with Gasteiger partial charge in [0.15, 0.2) is 0 Å². The monoisotopic (exact) mass is 423 g/mol. The minimum atomic E-state index is -0.0809. The van der Waals surface area contributed by atoms with Crippen molar-refractivity contribution in [3.8, 4) is 5.75 Å². The fraction of sp³-hybridized carbons (Fsp3) is 0.520. The molecule has 1 N–H and O–H groups in total. The quantitative estimate of drug-likeness (QED) is 0.704. The Labute approximate surface area is 185 Å². The average Bonchev–Trinajstić information content (AvgIpc) is 3.16. The van der Waals surface area contributed by atoms with Gasteiger partial charge in [-0.05, 0) is 61.6 Å². The van der Waals surface area contributed by atoms with Crippen LogP contribution >= 0.6 is 0 Å². The van der Waals surface area contributed by atoms with Crippen LogP contribution in [0.3, 0.4) is 0 Å². The van der Waals surface area contributed by atoms with Crippen LogP contribution in [-0.4, -0.2) is 48.7 Å². The highest BCUT2D eigenvalue weighted by Crippen LogP contribution is 2.32. The van der Waals surface area contributed by atoms with Crippen molar-refractivity contribution in [1.29, 1.82) is 0 Å². The fourth-order valence-corrected chi connectivity index (χ4v) is 4.77. The molecule has 1 saturated heterocycles. The van der Waals surface area contributed by atoms with Gasteiger partial charge in [0, 0.05) is 39.2 Å². The number of fused-ring (bicyclic) bond motifs is 1. The van der Waals surface area contributed by atoms with Gasteiger partial charge in [0.25, 0.3) is 0 Å². The lowest BCUT2D eigenvalue weighted by Crippen LogP contribution is -2.43. The Kier molecular flexibility index (Phi) is 7.20. The first-order valence-corrected chi connectivity index (χ1v) is 11.3. The van der Waals surface area contributed by atoms with Gasteiger partial charge in [-0.25, -0.2) is 0 Å². The first-order valence-electron chi connectivity index (χ1n) is 11.3. The van der Waals surface area contributed by atoms with E-state index in [0.29, 0.717) is 18.9 Å². The van der Waals surface area contributed by atoms with E-state index >= 15 is 0 Å². The van der Waals surface area contributed by atoms with E-state index in [0.717, 1.165) is 50.3 Å². The molecule has 31 heavy (non-hydrogen) atoms. The summed E-state index contributed by atoms with van der Waals surface area (Å²) >= 11 is 0. The summed E-state index contributed by atoms with van der Waals surface area (Å²) < 4.78 is 10.9.